The van der Waals surface area contributed by atoms with Crippen LogP contribution >= 0.6 is 12.2 Å². The summed E-state index contributed by atoms with van der Waals surface area (Å²) >= 11 is 4.83. The van der Waals surface area contributed by atoms with Crippen molar-refractivity contribution in [2.45, 2.75) is 52.7 Å². The van der Waals surface area contributed by atoms with Gasteiger partial charge in [-0.05, 0) is 31.6 Å². The average molecular weight is 309 g/mol. The fourth-order valence-electron chi connectivity index (χ4n) is 1.54. The molecule has 0 saturated carbocycles. The lowest BCUT2D eigenvalue weighted by Crippen LogP contribution is -2.44. The van der Waals surface area contributed by atoms with Gasteiger partial charge in [-0.3, -0.25) is 0 Å². The first kappa shape index (κ1) is 18.8. The largest absolute Gasteiger partial charge is 0.392 e. The lowest BCUT2D eigenvalue weighted by molar-refractivity contribution is 0.356. The summed E-state index contributed by atoms with van der Waals surface area (Å²) in [6, 6.07) is 0. The summed E-state index contributed by atoms with van der Waals surface area (Å²) in [6.45, 7) is 11.0. The Morgan fingerprint density at radius 3 is 1.68 bits per heavy atom. The Bertz CT molecular complexity index is 366. The van der Waals surface area contributed by atoms with Crippen LogP contribution in [0, 0.1) is 11.8 Å². The molecule has 0 aliphatic carbocycles. The Hall–Kier alpha value is -0.200. The van der Waals surface area contributed by atoms with Crippen molar-refractivity contribution in [3.05, 3.63) is 0 Å². The number of thiocarbonyl (C=S) groups is 1. The highest BCUT2D eigenvalue weighted by atomic mass is 32.2. The van der Waals surface area contributed by atoms with Crippen molar-refractivity contribution in [1.29, 1.82) is 0 Å². The van der Waals surface area contributed by atoms with E-state index in [2.05, 4.69) is 27.7 Å². The summed E-state index contributed by atoms with van der Waals surface area (Å²) in [5.41, 5.74) is 5.50. The third-order valence-corrected chi connectivity index (χ3v) is 5.85. The van der Waals surface area contributed by atoms with E-state index in [4.69, 9.17) is 18.0 Å². The average Bonchev–Trinajstić information content (AvgIpc) is 2.26. The van der Waals surface area contributed by atoms with Crippen LogP contribution in [0.5, 0.6) is 0 Å². The van der Waals surface area contributed by atoms with Crippen molar-refractivity contribution in [3.8, 4) is 0 Å². The maximum Gasteiger partial charge on any atom is 0.223 e. The monoisotopic (exact) mass is 308 g/mol. The van der Waals surface area contributed by atoms with Crippen LogP contribution in [0.25, 0.3) is 0 Å². The van der Waals surface area contributed by atoms with Crippen molar-refractivity contribution >= 4 is 27.2 Å². The zero-order chi connectivity index (χ0) is 15.2. The summed E-state index contributed by atoms with van der Waals surface area (Å²) < 4.78 is 26.5. The first-order valence-corrected chi connectivity index (χ1v) is 8.78. The standard InChI is InChI=1S/C13H28N2O2S2/c1-10(2)6-8-15(9-7-11(3)4)19(16,17)12(5)13(14)18/h10-12H,6-9H2,1-5H3,(H2,14,18). The second-order valence-corrected chi connectivity index (χ2v) is 8.58. The van der Waals surface area contributed by atoms with Crippen LogP contribution in [0.1, 0.15) is 47.5 Å². The number of rotatable bonds is 9. The van der Waals surface area contributed by atoms with Crippen LogP contribution < -0.4 is 5.73 Å². The lowest BCUT2D eigenvalue weighted by atomic mass is 10.1. The molecule has 1 unspecified atom stereocenters. The zero-order valence-corrected chi connectivity index (χ0v) is 14.4. The molecule has 114 valence electrons. The number of hydrogen-bond donors (Lipinski definition) is 1. The SMILES string of the molecule is CC(C)CCN(CCC(C)C)S(=O)(=O)C(C)C(N)=S. The topological polar surface area (TPSA) is 63.4 Å². The van der Waals surface area contributed by atoms with Gasteiger partial charge in [-0.15, -0.1) is 0 Å². The van der Waals surface area contributed by atoms with Crippen molar-refractivity contribution in [2.24, 2.45) is 17.6 Å². The van der Waals surface area contributed by atoms with Crippen molar-refractivity contribution in [1.82, 2.24) is 4.31 Å². The third kappa shape index (κ3) is 6.68. The quantitative estimate of drug-likeness (QED) is 0.664. The van der Waals surface area contributed by atoms with Gasteiger partial charge in [0.2, 0.25) is 10.0 Å². The second kappa shape index (κ2) is 8.17. The van der Waals surface area contributed by atoms with E-state index in [0.29, 0.717) is 24.9 Å². The molecular weight excluding hydrogens is 280 g/mol. The Labute approximate surface area is 123 Å². The minimum absolute atomic E-state index is 0.0408. The summed E-state index contributed by atoms with van der Waals surface area (Å²) in [5.74, 6) is 0.939. The van der Waals surface area contributed by atoms with Crippen molar-refractivity contribution in [3.63, 3.8) is 0 Å². The highest BCUT2D eigenvalue weighted by molar-refractivity contribution is 7.92. The molecule has 0 heterocycles. The molecular formula is C13H28N2O2S2. The molecule has 4 nitrogen and oxygen atoms in total. The molecule has 0 bridgehead atoms. The Morgan fingerprint density at radius 2 is 1.42 bits per heavy atom. The van der Waals surface area contributed by atoms with Gasteiger partial charge >= 0.3 is 0 Å². The molecule has 0 rings (SSSR count). The molecule has 0 radical (unpaired) electrons. The van der Waals surface area contributed by atoms with Crippen LogP contribution in [0.3, 0.4) is 0 Å². The van der Waals surface area contributed by atoms with Gasteiger partial charge in [-0.1, -0.05) is 39.9 Å². The van der Waals surface area contributed by atoms with E-state index in [1.54, 1.807) is 11.2 Å². The first-order chi connectivity index (χ1) is 8.59. The van der Waals surface area contributed by atoms with E-state index in [-0.39, 0.29) is 4.99 Å². The van der Waals surface area contributed by atoms with Gasteiger partial charge in [0.05, 0.1) is 4.99 Å². The normalized spacial score (nSPS) is 14.3. The van der Waals surface area contributed by atoms with Gasteiger partial charge in [0.1, 0.15) is 5.25 Å². The fourth-order valence-corrected chi connectivity index (χ4v) is 3.37. The van der Waals surface area contributed by atoms with Gasteiger partial charge < -0.3 is 5.73 Å². The minimum atomic E-state index is -3.42. The molecule has 0 amide bonds. The molecule has 1 atom stereocenters. The van der Waals surface area contributed by atoms with Crippen LogP contribution in [0.2, 0.25) is 0 Å². The van der Waals surface area contributed by atoms with E-state index in [1.165, 1.54) is 0 Å². The van der Waals surface area contributed by atoms with Gasteiger partial charge in [-0.2, -0.15) is 0 Å². The van der Waals surface area contributed by atoms with E-state index >= 15 is 0 Å². The molecule has 0 aromatic rings. The second-order valence-electron chi connectivity index (χ2n) is 5.85. The number of hydrogen-bond acceptors (Lipinski definition) is 3. The van der Waals surface area contributed by atoms with Crippen LogP contribution in [-0.2, 0) is 10.0 Å². The van der Waals surface area contributed by atoms with Crippen LogP contribution in [-0.4, -0.2) is 36.1 Å². The summed E-state index contributed by atoms with van der Waals surface area (Å²) in [4.78, 5) is 0.0408. The Balaban J connectivity index is 4.93. The van der Waals surface area contributed by atoms with E-state index < -0.39 is 15.3 Å². The molecule has 0 aliphatic heterocycles. The van der Waals surface area contributed by atoms with Crippen molar-refractivity contribution in [2.75, 3.05) is 13.1 Å². The Morgan fingerprint density at radius 1 is 1.05 bits per heavy atom. The van der Waals surface area contributed by atoms with Crippen LogP contribution in [0.15, 0.2) is 0 Å². The van der Waals surface area contributed by atoms with Gasteiger partial charge in [0, 0.05) is 13.1 Å². The molecule has 0 aromatic carbocycles. The van der Waals surface area contributed by atoms with E-state index in [0.717, 1.165) is 12.8 Å². The summed E-state index contributed by atoms with van der Waals surface area (Å²) in [7, 11) is -3.42. The van der Waals surface area contributed by atoms with Crippen LogP contribution in [0.4, 0.5) is 0 Å². The predicted molar refractivity (Wildman–Crippen MR) is 85.7 cm³/mol. The highest BCUT2D eigenvalue weighted by Crippen LogP contribution is 2.15. The maximum atomic E-state index is 12.5. The molecule has 6 heteroatoms. The predicted octanol–water partition coefficient (Wildman–Crippen LogP) is 2.39. The number of nitrogens with zero attached hydrogens (tertiary/aromatic N) is 1. The highest BCUT2D eigenvalue weighted by Gasteiger charge is 2.30. The molecule has 19 heavy (non-hydrogen) atoms. The van der Waals surface area contributed by atoms with E-state index in [9.17, 15) is 8.42 Å². The van der Waals surface area contributed by atoms with Gasteiger partial charge in [-0.25, -0.2) is 12.7 Å². The van der Waals surface area contributed by atoms with E-state index in [1.807, 2.05) is 0 Å². The van der Waals surface area contributed by atoms with Gasteiger partial charge in [0.25, 0.3) is 0 Å². The smallest absolute Gasteiger partial charge is 0.223 e. The molecule has 0 aliphatic rings. The van der Waals surface area contributed by atoms with Gasteiger partial charge in [0.15, 0.2) is 0 Å². The van der Waals surface area contributed by atoms with Crippen molar-refractivity contribution < 1.29 is 8.42 Å². The number of sulfonamides is 1. The molecule has 0 aromatic heterocycles. The summed E-state index contributed by atoms with van der Waals surface area (Å²) in [5, 5.41) is -0.790. The molecule has 0 fully saturated rings. The third-order valence-electron chi connectivity index (χ3n) is 3.12. The summed E-state index contributed by atoms with van der Waals surface area (Å²) in [6.07, 6.45) is 1.70. The maximum absolute atomic E-state index is 12.5. The number of nitrogens with two attached hydrogens (primary N) is 1. The Kier molecular flexibility index (Phi) is 8.08. The fraction of sp³-hybridized carbons (Fsp3) is 0.923. The molecule has 2 N–H and O–H groups in total. The zero-order valence-electron chi connectivity index (χ0n) is 12.7. The lowest BCUT2D eigenvalue weighted by Gasteiger charge is -2.26. The first-order valence-electron chi connectivity index (χ1n) is 6.87. The molecule has 0 saturated heterocycles. The minimum Gasteiger partial charge on any atom is -0.392 e. The molecule has 0 spiro atoms.